The summed E-state index contributed by atoms with van der Waals surface area (Å²) in [5.41, 5.74) is 0.465. The third-order valence-electron chi connectivity index (χ3n) is 2.22. The summed E-state index contributed by atoms with van der Waals surface area (Å²) in [6, 6.07) is 5.90. The molecule has 2 unspecified atom stereocenters. The summed E-state index contributed by atoms with van der Waals surface area (Å²) in [5.74, 6) is -0.410. The summed E-state index contributed by atoms with van der Waals surface area (Å²) >= 11 is 11.6. The Labute approximate surface area is 115 Å². The molecule has 1 aromatic rings. The quantitative estimate of drug-likeness (QED) is 0.893. The molecule has 0 radical (unpaired) electrons. The molecule has 18 heavy (non-hydrogen) atoms. The zero-order valence-corrected chi connectivity index (χ0v) is 11.2. The van der Waals surface area contributed by atoms with E-state index in [-0.39, 0.29) is 6.42 Å². The first-order chi connectivity index (χ1) is 8.42. The van der Waals surface area contributed by atoms with Crippen LogP contribution in [-0.2, 0) is 4.79 Å². The molecule has 4 nitrogen and oxygen atoms in total. The van der Waals surface area contributed by atoms with Gasteiger partial charge in [0, 0.05) is 10.0 Å². The van der Waals surface area contributed by atoms with Gasteiger partial charge in [-0.3, -0.25) is 4.79 Å². The number of carbonyl (C=O) groups is 1. The predicted octanol–water partition coefficient (Wildman–Crippen LogP) is 2.45. The third kappa shape index (κ3) is 4.53. The number of hydrogen-bond donors (Lipinski definition) is 2. The van der Waals surface area contributed by atoms with Crippen LogP contribution in [0.3, 0.4) is 0 Å². The summed E-state index contributed by atoms with van der Waals surface area (Å²) in [6.45, 7) is 1.56. The molecule has 2 N–H and O–H groups in total. The van der Waals surface area contributed by atoms with Crippen LogP contribution in [0.15, 0.2) is 18.2 Å². The van der Waals surface area contributed by atoms with E-state index in [0.717, 1.165) is 0 Å². The van der Waals surface area contributed by atoms with Gasteiger partial charge in [0.15, 0.2) is 0 Å². The average molecular weight is 287 g/mol. The first-order valence-electron chi connectivity index (χ1n) is 5.25. The number of aliphatic hydroxyl groups excluding tert-OH is 1. The van der Waals surface area contributed by atoms with E-state index >= 15 is 0 Å². The molecule has 0 bridgehead atoms. The van der Waals surface area contributed by atoms with E-state index in [2.05, 4.69) is 5.32 Å². The Morgan fingerprint density at radius 3 is 2.50 bits per heavy atom. The number of aliphatic hydroxyl groups is 1. The fourth-order valence-corrected chi connectivity index (χ4v) is 1.94. The Kier molecular flexibility index (Phi) is 5.42. The molecule has 6 heteroatoms. The zero-order chi connectivity index (χ0) is 13.7. The second kappa shape index (κ2) is 6.60. The zero-order valence-electron chi connectivity index (χ0n) is 9.65. The average Bonchev–Trinajstić information content (AvgIpc) is 2.27. The van der Waals surface area contributed by atoms with Crippen molar-refractivity contribution in [2.24, 2.45) is 0 Å². The highest BCUT2D eigenvalue weighted by Gasteiger charge is 2.15. The molecule has 96 valence electrons. The molecule has 0 aliphatic heterocycles. The highest BCUT2D eigenvalue weighted by Crippen LogP contribution is 2.25. The monoisotopic (exact) mass is 286 g/mol. The van der Waals surface area contributed by atoms with Crippen LogP contribution in [0.5, 0.6) is 0 Å². The maximum Gasteiger partial charge on any atom is 0.223 e. The van der Waals surface area contributed by atoms with Gasteiger partial charge in [0.25, 0.3) is 0 Å². The molecular weight excluding hydrogens is 275 g/mol. The first-order valence-corrected chi connectivity index (χ1v) is 6.01. The number of benzene rings is 1. The molecule has 2 atom stereocenters. The van der Waals surface area contributed by atoms with Crippen molar-refractivity contribution in [3.05, 3.63) is 33.8 Å². The Balaban J connectivity index is 2.68. The van der Waals surface area contributed by atoms with Crippen molar-refractivity contribution in [1.82, 2.24) is 5.32 Å². The van der Waals surface area contributed by atoms with Crippen LogP contribution < -0.4 is 5.32 Å². The number of nitriles is 1. The normalized spacial score (nSPS) is 13.5. The van der Waals surface area contributed by atoms with Crippen molar-refractivity contribution < 1.29 is 9.90 Å². The summed E-state index contributed by atoms with van der Waals surface area (Å²) in [5, 5.41) is 21.6. The van der Waals surface area contributed by atoms with Crippen LogP contribution in [-0.4, -0.2) is 17.1 Å². The highest BCUT2D eigenvalue weighted by molar-refractivity contribution is 6.34. The van der Waals surface area contributed by atoms with E-state index in [1.165, 1.54) is 6.07 Å². The van der Waals surface area contributed by atoms with Crippen molar-refractivity contribution in [3.63, 3.8) is 0 Å². The minimum atomic E-state index is -1.01. The van der Waals surface area contributed by atoms with Crippen molar-refractivity contribution in [3.8, 4) is 6.07 Å². The minimum Gasteiger partial charge on any atom is -0.388 e. The highest BCUT2D eigenvalue weighted by atomic mass is 35.5. The molecule has 0 heterocycles. The van der Waals surface area contributed by atoms with Crippen LogP contribution in [0.4, 0.5) is 0 Å². The maximum atomic E-state index is 11.5. The number of nitrogens with one attached hydrogen (secondary N) is 1. The van der Waals surface area contributed by atoms with Crippen molar-refractivity contribution in [1.29, 1.82) is 5.26 Å². The van der Waals surface area contributed by atoms with E-state index in [4.69, 9.17) is 28.5 Å². The first kappa shape index (κ1) is 14.8. The van der Waals surface area contributed by atoms with Gasteiger partial charge in [-0.05, 0) is 30.7 Å². The summed E-state index contributed by atoms with van der Waals surface area (Å²) in [6.07, 6.45) is -1.16. The largest absolute Gasteiger partial charge is 0.388 e. The third-order valence-corrected chi connectivity index (χ3v) is 2.66. The number of carbonyl (C=O) groups excluding carboxylic acids is 1. The van der Waals surface area contributed by atoms with E-state index in [9.17, 15) is 9.90 Å². The lowest BCUT2D eigenvalue weighted by Crippen LogP contribution is -2.32. The van der Waals surface area contributed by atoms with Gasteiger partial charge in [-0.15, -0.1) is 0 Å². The number of amides is 1. The lowest BCUT2D eigenvalue weighted by molar-refractivity contribution is -0.123. The molecule has 0 spiro atoms. The van der Waals surface area contributed by atoms with Gasteiger partial charge in [0.1, 0.15) is 6.04 Å². The van der Waals surface area contributed by atoms with Crippen molar-refractivity contribution in [2.75, 3.05) is 0 Å². The van der Waals surface area contributed by atoms with E-state index in [0.29, 0.717) is 15.6 Å². The molecule has 0 fully saturated rings. The number of hydrogen-bond acceptors (Lipinski definition) is 3. The van der Waals surface area contributed by atoms with Crippen LogP contribution in [0.2, 0.25) is 10.0 Å². The fraction of sp³-hybridized carbons (Fsp3) is 0.333. The number of halogens is 2. The molecule has 1 aromatic carbocycles. The van der Waals surface area contributed by atoms with Crippen LogP contribution in [0.25, 0.3) is 0 Å². The van der Waals surface area contributed by atoms with Gasteiger partial charge in [-0.25, -0.2) is 0 Å². The summed E-state index contributed by atoms with van der Waals surface area (Å²) in [4.78, 5) is 11.5. The topological polar surface area (TPSA) is 73.1 Å². The van der Waals surface area contributed by atoms with Crippen molar-refractivity contribution in [2.45, 2.75) is 25.5 Å². The Bertz CT molecular complexity index is 465. The Morgan fingerprint density at radius 2 is 2.00 bits per heavy atom. The molecule has 0 aliphatic carbocycles. The van der Waals surface area contributed by atoms with Crippen LogP contribution in [0.1, 0.15) is 25.0 Å². The van der Waals surface area contributed by atoms with Crippen LogP contribution >= 0.6 is 23.2 Å². The molecule has 0 saturated carbocycles. The lowest BCUT2D eigenvalue weighted by Gasteiger charge is -2.12. The number of rotatable bonds is 4. The van der Waals surface area contributed by atoms with Gasteiger partial charge < -0.3 is 10.4 Å². The molecular formula is C12H12Cl2N2O2. The number of nitrogens with zero attached hydrogens (tertiary/aromatic N) is 1. The van der Waals surface area contributed by atoms with Crippen molar-refractivity contribution >= 4 is 29.1 Å². The predicted molar refractivity (Wildman–Crippen MR) is 69.3 cm³/mol. The SMILES string of the molecule is CC(C#N)NC(=O)CC(O)c1cc(Cl)cc(Cl)c1. The fourth-order valence-electron chi connectivity index (χ4n) is 1.39. The van der Waals surface area contributed by atoms with Crippen LogP contribution in [0, 0.1) is 11.3 Å². The molecule has 1 amide bonds. The smallest absolute Gasteiger partial charge is 0.223 e. The van der Waals surface area contributed by atoms with Gasteiger partial charge in [0.2, 0.25) is 5.91 Å². The van der Waals surface area contributed by atoms with Gasteiger partial charge in [-0.2, -0.15) is 5.26 Å². The van der Waals surface area contributed by atoms with E-state index in [1.807, 2.05) is 6.07 Å². The molecule has 0 aromatic heterocycles. The lowest BCUT2D eigenvalue weighted by atomic mass is 10.1. The van der Waals surface area contributed by atoms with E-state index < -0.39 is 18.1 Å². The molecule has 1 rings (SSSR count). The van der Waals surface area contributed by atoms with Gasteiger partial charge in [-0.1, -0.05) is 23.2 Å². The van der Waals surface area contributed by atoms with E-state index in [1.54, 1.807) is 19.1 Å². The molecule has 0 saturated heterocycles. The summed E-state index contributed by atoms with van der Waals surface area (Å²) in [7, 11) is 0. The molecule has 0 aliphatic rings. The maximum absolute atomic E-state index is 11.5. The Morgan fingerprint density at radius 1 is 1.44 bits per heavy atom. The standard InChI is InChI=1S/C12H12Cl2N2O2/c1-7(6-15)16-12(18)5-11(17)8-2-9(13)4-10(14)3-8/h2-4,7,11,17H,5H2,1H3,(H,16,18). The van der Waals surface area contributed by atoms with Gasteiger partial charge >= 0.3 is 0 Å². The second-order valence-electron chi connectivity index (χ2n) is 3.84. The summed E-state index contributed by atoms with van der Waals surface area (Å²) < 4.78 is 0. The minimum absolute atomic E-state index is 0.150. The van der Waals surface area contributed by atoms with Gasteiger partial charge in [0.05, 0.1) is 18.6 Å². The second-order valence-corrected chi connectivity index (χ2v) is 4.71. The Hall–Kier alpha value is -1.28.